The lowest BCUT2D eigenvalue weighted by Crippen LogP contribution is -2.21. The zero-order valence-corrected chi connectivity index (χ0v) is 16.0. The van der Waals surface area contributed by atoms with Crippen LogP contribution < -0.4 is 0 Å². The third kappa shape index (κ3) is 3.61. The molecule has 1 aliphatic rings. The van der Waals surface area contributed by atoms with Crippen LogP contribution in [0.25, 0.3) is 10.8 Å². The zero-order valence-electron chi connectivity index (χ0n) is 16.0. The first kappa shape index (κ1) is 18.2. The summed E-state index contributed by atoms with van der Waals surface area (Å²) in [5.41, 5.74) is 4.02. The molecule has 1 aliphatic carbocycles. The van der Waals surface area contributed by atoms with Crippen LogP contribution in [-0.2, 0) is 11.2 Å². The van der Waals surface area contributed by atoms with E-state index in [1.165, 1.54) is 0 Å². The van der Waals surface area contributed by atoms with Gasteiger partial charge in [-0.3, -0.25) is 9.79 Å². The number of hydrogen-bond acceptors (Lipinski definition) is 3. The summed E-state index contributed by atoms with van der Waals surface area (Å²) in [5, 5.41) is 13.2. The third-order valence-electron chi connectivity index (χ3n) is 5.28. The lowest BCUT2D eigenvalue weighted by atomic mass is 9.88. The lowest BCUT2D eigenvalue weighted by molar-refractivity contribution is -0.115. The summed E-state index contributed by atoms with van der Waals surface area (Å²) >= 11 is 0. The molecule has 0 radical (unpaired) electrons. The molecule has 0 bridgehead atoms. The van der Waals surface area contributed by atoms with Gasteiger partial charge < -0.3 is 5.11 Å². The largest absolute Gasteiger partial charge is 0.511 e. The Kier molecular flexibility index (Phi) is 5.07. The maximum Gasteiger partial charge on any atom is 0.168 e. The zero-order chi connectivity index (χ0) is 19.5. The van der Waals surface area contributed by atoms with Crippen LogP contribution in [0.3, 0.4) is 0 Å². The molecule has 1 fully saturated rings. The molecule has 3 aromatic rings. The molecular formula is C25H23NO2. The second-order valence-corrected chi connectivity index (χ2v) is 7.26. The molecule has 1 N–H and O–H groups in total. The minimum atomic E-state index is -0.0173. The number of ketones is 1. The monoisotopic (exact) mass is 369 g/mol. The van der Waals surface area contributed by atoms with Crippen molar-refractivity contribution in [1.29, 1.82) is 0 Å². The van der Waals surface area contributed by atoms with Crippen LogP contribution in [0.5, 0.6) is 0 Å². The van der Waals surface area contributed by atoms with Crippen LogP contribution in [0, 0.1) is 6.92 Å². The van der Waals surface area contributed by atoms with Crippen LogP contribution in [0.2, 0.25) is 0 Å². The van der Waals surface area contributed by atoms with E-state index in [0.29, 0.717) is 30.5 Å². The van der Waals surface area contributed by atoms with Crippen molar-refractivity contribution in [3.63, 3.8) is 0 Å². The highest BCUT2D eigenvalue weighted by molar-refractivity contribution is 6.24. The number of aliphatic hydroxyl groups excluding tert-OH is 1. The Morgan fingerprint density at radius 1 is 0.964 bits per heavy atom. The van der Waals surface area contributed by atoms with Crippen LogP contribution in [0.4, 0.5) is 5.69 Å². The van der Waals surface area contributed by atoms with Gasteiger partial charge in [0.2, 0.25) is 0 Å². The van der Waals surface area contributed by atoms with Crippen molar-refractivity contribution in [1.82, 2.24) is 0 Å². The number of aliphatic hydroxyl groups is 1. The summed E-state index contributed by atoms with van der Waals surface area (Å²) in [7, 11) is 0. The number of hydrogen-bond donors (Lipinski definition) is 1. The molecule has 3 aromatic carbocycles. The van der Waals surface area contributed by atoms with Gasteiger partial charge in [-0.25, -0.2) is 0 Å². The normalized spacial score (nSPS) is 17.9. The first-order valence-corrected chi connectivity index (χ1v) is 9.69. The minimum Gasteiger partial charge on any atom is -0.511 e. The number of fused-ring (bicyclic) bond motifs is 1. The molecule has 0 spiro atoms. The number of nitrogens with zero attached hydrogens (tertiary/aromatic N) is 1. The molecule has 1 saturated carbocycles. The van der Waals surface area contributed by atoms with Crippen molar-refractivity contribution in [3.8, 4) is 0 Å². The van der Waals surface area contributed by atoms with Crippen LogP contribution in [-0.4, -0.2) is 16.6 Å². The Morgan fingerprint density at radius 3 is 2.57 bits per heavy atom. The predicted molar refractivity (Wildman–Crippen MR) is 114 cm³/mol. The number of aliphatic imine (C=N–C) groups is 1. The van der Waals surface area contributed by atoms with Gasteiger partial charge in [-0.15, -0.1) is 0 Å². The molecule has 0 aliphatic heterocycles. The second-order valence-electron chi connectivity index (χ2n) is 7.26. The van der Waals surface area contributed by atoms with E-state index in [1.54, 1.807) is 0 Å². The summed E-state index contributed by atoms with van der Waals surface area (Å²) in [6, 6.07) is 22.0. The molecule has 0 atom stereocenters. The molecule has 140 valence electrons. The van der Waals surface area contributed by atoms with E-state index in [2.05, 4.69) is 12.1 Å². The molecule has 0 heterocycles. The van der Waals surface area contributed by atoms with Gasteiger partial charge in [0.15, 0.2) is 5.78 Å². The van der Waals surface area contributed by atoms with Gasteiger partial charge in [0.1, 0.15) is 5.76 Å². The summed E-state index contributed by atoms with van der Waals surface area (Å²) in [6.45, 7) is 2.00. The van der Waals surface area contributed by atoms with Gasteiger partial charge in [0, 0.05) is 12.8 Å². The average molecular weight is 369 g/mol. The Hall–Kier alpha value is -3.20. The molecule has 0 unspecified atom stereocenters. The van der Waals surface area contributed by atoms with E-state index in [-0.39, 0.29) is 11.5 Å². The number of rotatable bonds is 3. The van der Waals surface area contributed by atoms with Crippen molar-refractivity contribution < 1.29 is 9.90 Å². The summed E-state index contributed by atoms with van der Waals surface area (Å²) in [5.74, 6) is 0.102. The van der Waals surface area contributed by atoms with Crippen molar-refractivity contribution >= 4 is 28.0 Å². The van der Waals surface area contributed by atoms with Crippen LogP contribution >= 0.6 is 0 Å². The number of carbonyl (C=O) groups excluding carboxylic acids is 1. The highest BCUT2D eigenvalue weighted by Gasteiger charge is 2.26. The van der Waals surface area contributed by atoms with Gasteiger partial charge in [-0.05, 0) is 47.7 Å². The maximum atomic E-state index is 12.7. The van der Waals surface area contributed by atoms with Crippen LogP contribution in [0.1, 0.15) is 30.4 Å². The number of aryl methyl sites for hydroxylation is 1. The Balaban J connectivity index is 1.77. The van der Waals surface area contributed by atoms with Crippen molar-refractivity contribution in [2.24, 2.45) is 4.99 Å². The highest BCUT2D eigenvalue weighted by Crippen LogP contribution is 2.28. The third-order valence-corrected chi connectivity index (χ3v) is 5.28. The van der Waals surface area contributed by atoms with Crippen molar-refractivity contribution in [2.75, 3.05) is 0 Å². The summed E-state index contributed by atoms with van der Waals surface area (Å²) < 4.78 is 0. The van der Waals surface area contributed by atoms with Crippen molar-refractivity contribution in [3.05, 3.63) is 89.2 Å². The van der Waals surface area contributed by atoms with E-state index in [1.807, 2.05) is 61.5 Å². The standard InChI is InChI=1S/C25H23NO2/c1-17-8-2-5-13-21(17)26-22-14-7-15-23(27)25(22)24(28)16-19-11-6-10-18-9-3-4-12-20(18)19/h2-6,8-13,28H,7,14-16H2,1H3/b25-24+,26-22?. The average Bonchev–Trinajstić information content (AvgIpc) is 2.70. The minimum absolute atomic E-state index is 0.0173. The fourth-order valence-corrected chi connectivity index (χ4v) is 3.82. The molecule has 3 heteroatoms. The van der Waals surface area contributed by atoms with Gasteiger partial charge in [0.25, 0.3) is 0 Å². The van der Waals surface area contributed by atoms with Crippen molar-refractivity contribution in [2.45, 2.75) is 32.6 Å². The quantitative estimate of drug-likeness (QED) is 0.453. The van der Waals surface area contributed by atoms with E-state index in [9.17, 15) is 9.90 Å². The predicted octanol–water partition coefficient (Wildman–Crippen LogP) is 6.03. The van der Waals surface area contributed by atoms with Gasteiger partial charge in [-0.2, -0.15) is 0 Å². The topological polar surface area (TPSA) is 49.7 Å². The van der Waals surface area contributed by atoms with E-state index in [0.717, 1.165) is 34.0 Å². The Labute approximate surface area is 165 Å². The first-order chi connectivity index (χ1) is 13.6. The van der Waals surface area contributed by atoms with Gasteiger partial charge in [-0.1, -0.05) is 60.7 Å². The lowest BCUT2D eigenvalue weighted by Gasteiger charge is -2.18. The fraction of sp³-hybridized carbons (Fsp3) is 0.200. The molecule has 3 nitrogen and oxygen atoms in total. The number of allylic oxidation sites excluding steroid dienone is 2. The number of carbonyl (C=O) groups is 1. The first-order valence-electron chi connectivity index (χ1n) is 9.69. The second kappa shape index (κ2) is 7.81. The number of benzene rings is 3. The Bertz CT molecular complexity index is 1100. The highest BCUT2D eigenvalue weighted by atomic mass is 16.3. The molecule has 4 rings (SSSR count). The Morgan fingerprint density at radius 2 is 1.71 bits per heavy atom. The SMILES string of the molecule is Cc1ccccc1N=C1CCCC(=O)/C1=C(/O)Cc1cccc2ccccc12. The maximum absolute atomic E-state index is 12.7. The molecular weight excluding hydrogens is 346 g/mol. The molecule has 28 heavy (non-hydrogen) atoms. The van der Waals surface area contributed by atoms with Gasteiger partial charge in [0.05, 0.1) is 17.0 Å². The molecule has 0 aromatic heterocycles. The van der Waals surface area contributed by atoms with E-state index >= 15 is 0 Å². The van der Waals surface area contributed by atoms with E-state index in [4.69, 9.17) is 4.99 Å². The van der Waals surface area contributed by atoms with E-state index < -0.39 is 0 Å². The van der Waals surface area contributed by atoms with Crippen LogP contribution in [0.15, 0.2) is 83.1 Å². The molecule has 0 saturated heterocycles. The fourth-order valence-electron chi connectivity index (χ4n) is 3.82. The smallest absolute Gasteiger partial charge is 0.168 e. The number of Topliss-reactive ketones (excluding diaryl/α,β-unsaturated/α-hetero) is 1. The summed E-state index contributed by atoms with van der Waals surface area (Å²) in [4.78, 5) is 17.4. The summed E-state index contributed by atoms with van der Waals surface area (Å²) in [6.07, 6.45) is 2.26. The molecule has 0 amide bonds. The number of para-hydroxylation sites is 1. The van der Waals surface area contributed by atoms with Gasteiger partial charge >= 0.3 is 0 Å².